The average molecular weight is 304 g/mol. The van der Waals surface area contributed by atoms with Crippen molar-refractivity contribution in [2.24, 2.45) is 0 Å². The Morgan fingerprint density at radius 2 is 2.05 bits per heavy atom. The van der Waals surface area contributed by atoms with Crippen LogP contribution < -0.4 is 4.74 Å². The van der Waals surface area contributed by atoms with Crippen molar-refractivity contribution in [2.75, 3.05) is 33.9 Å². The predicted molar refractivity (Wildman–Crippen MR) is 71.3 cm³/mol. The molecule has 21 heavy (non-hydrogen) atoms. The SMILES string of the molecule is COc1cc(C(F)(F)F)c(CCCN2CC(OC)C2)cn1. The van der Waals surface area contributed by atoms with Crippen LogP contribution in [0.25, 0.3) is 0 Å². The summed E-state index contributed by atoms with van der Waals surface area (Å²) in [5.74, 6) is -0.0169. The van der Waals surface area contributed by atoms with Crippen LogP contribution in [-0.4, -0.2) is 49.8 Å². The summed E-state index contributed by atoms with van der Waals surface area (Å²) < 4.78 is 49.0. The van der Waals surface area contributed by atoms with Gasteiger partial charge in [0.25, 0.3) is 0 Å². The summed E-state index contributed by atoms with van der Waals surface area (Å²) in [6.07, 6.45) is -1.86. The van der Waals surface area contributed by atoms with Gasteiger partial charge in [-0.15, -0.1) is 0 Å². The molecule has 0 unspecified atom stereocenters. The minimum Gasteiger partial charge on any atom is -0.481 e. The summed E-state index contributed by atoms with van der Waals surface area (Å²) in [4.78, 5) is 6.04. The van der Waals surface area contributed by atoms with Crippen molar-refractivity contribution in [3.63, 3.8) is 0 Å². The van der Waals surface area contributed by atoms with Crippen molar-refractivity contribution in [1.29, 1.82) is 0 Å². The quantitative estimate of drug-likeness (QED) is 0.808. The molecule has 0 bridgehead atoms. The normalized spacial score (nSPS) is 16.8. The number of rotatable bonds is 6. The molecule has 1 aromatic heterocycles. The number of ether oxygens (including phenoxy) is 2. The third-order valence-corrected chi connectivity index (χ3v) is 3.65. The van der Waals surface area contributed by atoms with Gasteiger partial charge in [-0.25, -0.2) is 4.98 Å². The van der Waals surface area contributed by atoms with Crippen molar-refractivity contribution in [2.45, 2.75) is 25.1 Å². The molecule has 0 spiro atoms. The zero-order valence-electron chi connectivity index (χ0n) is 12.1. The molecule has 1 saturated heterocycles. The maximum absolute atomic E-state index is 13.0. The van der Waals surface area contributed by atoms with Gasteiger partial charge in [0, 0.05) is 32.5 Å². The summed E-state index contributed by atoms with van der Waals surface area (Å²) in [5, 5.41) is 0. The number of halogens is 3. The molecule has 0 aliphatic carbocycles. The van der Waals surface area contributed by atoms with E-state index in [1.807, 2.05) is 0 Å². The second kappa shape index (κ2) is 6.62. The average Bonchev–Trinajstić information content (AvgIpc) is 2.40. The van der Waals surface area contributed by atoms with Crippen LogP contribution in [0.4, 0.5) is 13.2 Å². The predicted octanol–water partition coefficient (Wildman–Crippen LogP) is 2.37. The number of nitrogens with zero attached hydrogens (tertiary/aromatic N) is 2. The van der Waals surface area contributed by atoms with Crippen LogP contribution in [0.15, 0.2) is 12.3 Å². The van der Waals surface area contributed by atoms with E-state index < -0.39 is 11.7 Å². The van der Waals surface area contributed by atoms with Crippen LogP contribution in [0.1, 0.15) is 17.5 Å². The Morgan fingerprint density at radius 3 is 2.62 bits per heavy atom. The van der Waals surface area contributed by atoms with E-state index in [-0.39, 0.29) is 17.5 Å². The molecule has 1 aliphatic rings. The third-order valence-electron chi connectivity index (χ3n) is 3.65. The fourth-order valence-electron chi connectivity index (χ4n) is 2.39. The summed E-state index contributed by atoms with van der Waals surface area (Å²) in [6, 6.07) is 0.958. The van der Waals surface area contributed by atoms with Gasteiger partial charge in [0.15, 0.2) is 0 Å². The van der Waals surface area contributed by atoms with Crippen molar-refractivity contribution < 1.29 is 22.6 Å². The fraction of sp³-hybridized carbons (Fsp3) is 0.643. The van der Waals surface area contributed by atoms with E-state index in [0.29, 0.717) is 12.8 Å². The number of hydrogen-bond acceptors (Lipinski definition) is 4. The summed E-state index contributed by atoms with van der Waals surface area (Å²) >= 11 is 0. The third kappa shape index (κ3) is 4.07. The van der Waals surface area contributed by atoms with Crippen molar-refractivity contribution in [1.82, 2.24) is 9.88 Å². The highest BCUT2D eigenvalue weighted by Gasteiger charge is 2.34. The van der Waals surface area contributed by atoms with E-state index >= 15 is 0 Å². The van der Waals surface area contributed by atoms with Gasteiger partial charge in [-0.1, -0.05) is 0 Å². The van der Waals surface area contributed by atoms with Crippen molar-refractivity contribution in [3.8, 4) is 5.88 Å². The highest BCUT2D eigenvalue weighted by atomic mass is 19.4. The van der Waals surface area contributed by atoms with E-state index in [4.69, 9.17) is 9.47 Å². The topological polar surface area (TPSA) is 34.6 Å². The molecule has 1 fully saturated rings. The monoisotopic (exact) mass is 304 g/mol. The molecule has 0 amide bonds. The highest BCUT2D eigenvalue weighted by molar-refractivity contribution is 5.32. The molecule has 0 radical (unpaired) electrons. The summed E-state index contributed by atoms with van der Waals surface area (Å²) in [7, 11) is 2.97. The molecule has 2 heterocycles. The van der Waals surface area contributed by atoms with Crippen LogP contribution in [0.5, 0.6) is 5.88 Å². The zero-order chi connectivity index (χ0) is 15.5. The van der Waals surface area contributed by atoms with Gasteiger partial charge in [-0.2, -0.15) is 13.2 Å². The molecule has 0 N–H and O–H groups in total. The minimum absolute atomic E-state index is 0.0169. The Morgan fingerprint density at radius 1 is 1.33 bits per heavy atom. The molecule has 1 aliphatic heterocycles. The number of hydrogen-bond donors (Lipinski definition) is 0. The van der Waals surface area contributed by atoms with E-state index in [1.165, 1.54) is 13.3 Å². The first kappa shape index (κ1) is 16.0. The summed E-state index contributed by atoms with van der Waals surface area (Å²) in [6.45, 7) is 2.47. The number of aromatic nitrogens is 1. The lowest BCUT2D eigenvalue weighted by Gasteiger charge is -2.38. The van der Waals surface area contributed by atoms with Gasteiger partial charge in [-0.05, 0) is 24.9 Å². The van der Waals surface area contributed by atoms with Gasteiger partial charge < -0.3 is 9.47 Å². The molecular formula is C14H19F3N2O2. The van der Waals surface area contributed by atoms with E-state index in [0.717, 1.165) is 25.7 Å². The Kier molecular flexibility index (Phi) is 5.05. The smallest absolute Gasteiger partial charge is 0.416 e. The first-order valence-electron chi connectivity index (χ1n) is 6.79. The van der Waals surface area contributed by atoms with Crippen LogP contribution in [0.3, 0.4) is 0 Å². The number of likely N-dealkylation sites (tertiary alicyclic amines) is 1. The van der Waals surface area contributed by atoms with Crippen molar-refractivity contribution >= 4 is 0 Å². The van der Waals surface area contributed by atoms with E-state index in [1.54, 1.807) is 7.11 Å². The van der Waals surface area contributed by atoms with Gasteiger partial charge in [0.05, 0.1) is 18.8 Å². The van der Waals surface area contributed by atoms with Gasteiger partial charge in [0.2, 0.25) is 5.88 Å². The first-order valence-corrected chi connectivity index (χ1v) is 6.79. The Labute approximate surface area is 121 Å². The molecule has 0 atom stereocenters. The Hall–Kier alpha value is -1.34. The fourth-order valence-corrected chi connectivity index (χ4v) is 2.39. The minimum atomic E-state index is -4.39. The molecular weight excluding hydrogens is 285 g/mol. The van der Waals surface area contributed by atoms with E-state index in [9.17, 15) is 13.2 Å². The van der Waals surface area contributed by atoms with Gasteiger partial charge in [-0.3, -0.25) is 4.90 Å². The molecule has 0 saturated carbocycles. The lowest BCUT2D eigenvalue weighted by molar-refractivity contribution is -0.138. The maximum atomic E-state index is 13.0. The highest BCUT2D eigenvalue weighted by Crippen LogP contribution is 2.34. The Bertz CT molecular complexity index is 474. The number of pyridine rings is 1. The standard InChI is InChI=1S/C14H19F3N2O2/c1-20-11-8-19(9-11)5-3-4-10-7-18-13(21-2)6-12(10)14(15,16)17/h6-7,11H,3-5,8-9H2,1-2H3. The van der Waals surface area contributed by atoms with Crippen LogP contribution in [0.2, 0.25) is 0 Å². The number of alkyl halides is 3. The number of aryl methyl sites for hydroxylation is 1. The lowest BCUT2D eigenvalue weighted by Crippen LogP contribution is -2.51. The molecule has 118 valence electrons. The molecule has 7 heteroatoms. The zero-order valence-corrected chi connectivity index (χ0v) is 12.1. The first-order chi connectivity index (χ1) is 9.94. The molecule has 1 aromatic rings. The summed E-state index contributed by atoms with van der Waals surface area (Å²) in [5.41, 5.74) is -0.445. The van der Waals surface area contributed by atoms with Gasteiger partial charge in [0.1, 0.15) is 0 Å². The molecule has 4 nitrogen and oxygen atoms in total. The van der Waals surface area contributed by atoms with Crippen molar-refractivity contribution in [3.05, 3.63) is 23.4 Å². The van der Waals surface area contributed by atoms with Crippen LogP contribution >= 0.6 is 0 Å². The van der Waals surface area contributed by atoms with E-state index in [2.05, 4.69) is 9.88 Å². The van der Waals surface area contributed by atoms with Gasteiger partial charge >= 0.3 is 6.18 Å². The molecule has 2 rings (SSSR count). The maximum Gasteiger partial charge on any atom is 0.416 e. The second-order valence-corrected chi connectivity index (χ2v) is 5.10. The Balaban J connectivity index is 1.93. The lowest BCUT2D eigenvalue weighted by atomic mass is 10.0. The number of methoxy groups -OCH3 is 2. The van der Waals surface area contributed by atoms with Crippen LogP contribution in [0, 0.1) is 0 Å². The largest absolute Gasteiger partial charge is 0.481 e. The molecule has 0 aromatic carbocycles. The second-order valence-electron chi connectivity index (χ2n) is 5.10. The van der Waals surface area contributed by atoms with Crippen LogP contribution in [-0.2, 0) is 17.3 Å².